The molecule has 0 aliphatic carbocycles. The normalized spacial score (nSPS) is 23.3. The lowest BCUT2D eigenvalue weighted by Crippen LogP contribution is -2.41. The van der Waals surface area contributed by atoms with Crippen LogP contribution in [0.4, 0.5) is 0 Å². The predicted octanol–water partition coefficient (Wildman–Crippen LogP) is 2.20. The third kappa shape index (κ3) is 4.60. The summed E-state index contributed by atoms with van der Waals surface area (Å²) in [7, 11) is 1.76. The number of benzene rings is 1. The largest absolute Gasteiger partial charge is 0.354 e. The lowest BCUT2D eigenvalue weighted by molar-refractivity contribution is -0.128. The monoisotopic (exact) mass is 343 g/mol. The fourth-order valence-corrected chi connectivity index (χ4v) is 3.92. The molecule has 136 valence electrons. The van der Waals surface area contributed by atoms with Crippen LogP contribution in [0, 0.1) is 5.92 Å². The Morgan fingerprint density at radius 3 is 2.44 bits per heavy atom. The molecule has 5 heteroatoms. The molecule has 0 saturated carbocycles. The van der Waals surface area contributed by atoms with Crippen molar-refractivity contribution in [3.8, 4) is 0 Å². The molecule has 2 amide bonds. The first kappa shape index (κ1) is 17.9. The second-order valence-electron chi connectivity index (χ2n) is 7.30. The van der Waals surface area contributed by atoms with Crippen molar-refractivity contribution >= 4 is 11.8 Å². The number of rotatable bonds is 5. The molecular formula is C20H29N3O2. The van der Waals surface area contributed by atoms with Crippen molar-refractivity contribution in [3.05, 3.63) is 35.9 Å². The third-order valence-corrected chi connectivity index (χ3v) is 5.45. The Hall–Kier alpha value is -1.88. The van der Waals surface area contributed by atoms with Crippen LogP contribution >= 0.6 is 0 Å². The SMILES string of the molecule is CN1CC(C(=O)NCC(c2ccccc2)N2CCCCCC2)CC1=O. The average Bonchev–Trinajstić information content (AvgIpc) is 2.82. The molecule has 25 heavy (non-hydrogen) atoms. The van der Waals surface area contributed by atoms with E-state index in [1.165, 1.54) is 31.2 Å². The van der Waals surface area contributed by atoms with Gasteiger partial charge in [-0.1, -0.05) is 43.2 Å². The molecule has 2 heterocycles. The van der Waals surface area contributed by atoms with E-state index >= 15 is 0 Å². The predicted molar refractivity (Wildman–Crippen MR) is 98.0 cm³/mol. The van der Waals surface area contributed by atoms with Crippen LogP contribution in [-0.4, -0.2) is 54.8 Å². The minimum Gasteiger partial charge on any atom is -0.354 e. The van der Waals surface area contributed by atoms with Crippen LogP contribution in [0.2, 0.25) is 0 Å². The van der Waals surface area contributed by atoms with Crippen LogP contribution in [0.15, 0.2) is 30.3 Å². The Kier molecular flexibility index (Phi) is 6.08. The zero-order valence-corrected chi connectivity index (χ0v) is 15.1. The molecule has 2 fully saturated rings. The summed E-state index contributed by atoms with van der Waals surface area (Å²) in [6.07, 6.45) is 5.36. The molecule has 0 bridgehead atoms. The second-order valence-corrected chi connectivity index (χ2v) is 7.30. The standard InChI is InChI=1S/C20H29N3O2/c1-22-15-17(13-19(22)24)20(25)21-14-18(16-9-5-4-6-10-16)23-11-7-2-3-8-12-23/h4-6,9-10,17-18H,2-3,7-8,11-15H2,1H3,(H,21,25). The number of carbonyl (C=O) groups excluding carboxylic acids is 2. The van der Waals surface area contributed by atoms with Gasteiger partial charge in [0.25, 0.3) is 0 Å². The van der Waals surface area contributed by atoms with Crippen LogP contribution in [0.1, 0.15) is 43.7 Å². The fourth-order valence-electron chi connectivity index (χ4n) is 3.92. The van der Waals surface area contributed by atoms with Crippen molar-refractivity contribution in [2.45, 2.75) is 38.1 Å². The first-order valence-electron chi connectivity index (χ1n) is 9.46. The van der Waals surface area contributed by atoms with E-state index in [0.29, 0.717) is 19.5 Å². The highest BCUT2D eigenvalue weighted by atomic mass is 16.2. The van der Waals surface area contributed by atoms with E-state index in [1.807, 2.05) is 6.07 Å². The minimum absolute atomic E-state index is 0.00783. The lowest BCUT2D eigenvalue weighted by Gasteiger charge is -2.31. The zero-order chi connectivity index (χ0) is 17.6. The quantitative estimate of drug-likeness (QED) is 0.892. The van der Waals surface area contributed by atoms with Crippen LogP contribution in [0.3, 0.4) is 0 Å². The van der Waals surface area contributed by atoms with Crippen LogP contribution in [0.5, 0.6) is 0 Å². The van der Waals surface area contributed by atoms with Crippen molar-refractivity contribution in [1.29, 1.82) is 0 Å². The molecule has 1 N–H and O–H groups in total. The van der Waals surface area contributed by atoms with Crippen molar-refractivity contribution in [2.24, 2.45) is 5.92 Å². The van der Waals surface area contributed by atoms with Gasteiger partial charge in [-0.05, 0) is 31.5 Å². The molecular weight excluding hydrogens is 314 g/mol. The molecule has 2 atom stereocenters. The molecule has 2 saturated heterocycles. The van der Waals surface area contributed by atoms with Crippen molar-refractivity contribution in [1.82, 2.24) is 15.1 Å². The Morgan fingerprint density at radius 2 is 1.84 bits per heavy atom. The second kappa shape index (κ2) is 8.48. The van der Waals surface area contributed by atoms with Crippen molar-refractivity contribution in [2.75, 3.05) is 33.2 Å². The van der Waals surface area contributed by atoms with E-state index in [4.69, 9.17) is 0 Å². The summed E-state index contributed by atoms with van der Waals surface area (Å²) in [5, 5.41) is 3.12. The van der Waals surface area contributed by atoms with Gasteiger partial charge in [0.2, 0.25) is 11.8 Å². The van der Waals surface area contributed by atoms with E-state index in [0.717, 1.165) is 13.1 Å². The first-order valence-corrected chi connectivity index (χ1v) is 9.46. The topological polar surface area (TPSA) is 52.7 Å². The maximum atomic E-state index is 12.5. The molecule has 0 aromatic heterocycles. The highest BCUT2D eigenvalue weighted by molar-refractivity contribution is 5.89. The maximum absolute atomic E-state index is 12.5. The van der Waals surface area contributed by atoms with Gasteiger partial charge in [0.15, 0.2) is 0 Å². The lowest BCUT2D eigenvalue weighted by atomic mass is 10.0. The molecule has 2 unspecified atom stereocenters. The Bertz CT molecular complexity index is 582. The van der Waals surface area contributed by atoms with E-state index in [9.17, 15) is 9.59 Å². The number of likely N-dealkylation sites (tertiary alicyclic amines) is 2. The Balaban J connectivity index is 1.65. The van der Waals surface area contributed by atoms with Gasteiger partial charge in [0.05, 0.1) is 12.0 Å². The molecule has 5 nitrogen and oxygen atoms in total. The summed E-state index contributed by atoms with van der Waals surface area (Å²) >= 11 is 0. The molecule has 1 aromatic carbocycles. The number of hydrogen-bond acceptors (Lipinski definition) is 3. The number of hydrogen-bond donors (Lipinski definition) is 1. The Morgan fingerprint density at radius 1 is 1.16 bits per heavy atom. The van der Waals surface area contributed by atoms with Crippen LogP contribution < -0.4 is 5.32 Å². The third-order valence-electron chi connectivity index (χ3n) is 5.45. The zero-order valence-electron chi connectivity index (χ0n) is 15.1. The molecule has 0 spiro atoms. The summed E-state index contributed by atoms with van der Waals surface area (Å²) in [5.74, 6) is -0.140. The van der Waals surface area contributed by atoms with E-state index in [1.54, 1.807) is 11.9 Å². The fraction of sp³-hybridized carbons (Fsp3) is 0.600. The summed E-state index contributed by atoms with van der Waals surface area (Å²) in [6.45, 7) is 3.31. The van der Waals surface area contributed by atoms with Gasteiger partial charge < -0.3 is 10.2 Å². The summed E-state index contributed by atoms with van der Waals surface area (Å²) < 4.78 is 0. The van der Waals surface area contributed by atoms with Gasteiger partial charge in [-0.25, -0.2) is 0 Å². The van der Waals surface area contributed by atoms with Crippen LogP contribution in [-0.2, 0) is 9.59 Å². The van der Waals surface area contributed by atoms with E-state index in [-0.39, 0.29) is 23.8 Å². The summed E-state index contributed by atoms with van der Waals surface area (Å²) in [6, 6.07) is 10.7. The molecule has 1 aromatic rings. The minimum atomic E-state index is -0.210. The average molecular weight is 343 g/mol. The molecule has 0 radical (unpaired) electrons. The van der Waals surface area contributed by atoms with Gasteiger partial charge in [0.1, 0.15) is 0 Å². The molecule has 2 aliphatic heterocycles. The first-order chi connectivity index (χ1) is 12.1. The summed E-state index contributed by atoms with van der Waals surface area (Å²) in [4.78, 5) is 28.3. The number of nitrogens with one attached hydrogen (secondary N) is 1. The van der Waals surface area contributed by atoms with E-state index < -0.39 is 0 Å². The van der Waals surface area contributed by atoms with Gasteiger partial charge in [-0.3, -0.25) is 14.5 Å². The maximum Gasteiger partial charge on any atom is 0.225 e. The van der Waals surface area contributed by atoms with Gasteiger partial charge in [-0.2, -0.15) is 0 Å². The van der Waals surface area contributed by atoms with Crippen molar-refractivity contribution in [3.63, 3.8) is 0 Å². The highest BCUT2D eigenvalue weighted by Gasteiger charge is 2.32. The smallest absolute Gasteiger partial charge is 0.225 e. The van der Waals surface area contributed by atoms with Crippen LogP contribution in [0.25, 0.3) is 0 Å². The highest BCUT2D eigenvalue weighted by Crippen LogP contribution is 2.24. The van der Waals surface area contributed by atoms with Gasteiger partial charge >= 0.3 is 0 Å². The van der Waals surface area contributed by atoms with Gasteiger partial charge in [0, 0.05) is 26.6 Å². The van der Waals surface area contributed by atoms with E-state index in [2.05, 4.69) is 34.5 Å². The number of amides is 2. The molecule has 2 aliphatic rings. The van der Waals surface area contributed by atoms with Crippen molar-refractivity contribution < 1.29 is 9.59 Å². The molecule has 3 rings (SSSR count). The summed E-state index contributed by atoms with van der Waals surface area (Å²) in [5.41, 5.74) is 1.25. The number of nitrogens with zero attached hydrogens (tertiary/aromatic N) is 2. The number of carbonyl (C=O) groups is 2. The van der Waals surface area contributed by atoms with Gasteiger partial charge in [-0.15, -0.1) is 0 Å². The Labute approximate surface area is 150 Å².